The van der Waals surface area contributed by atoms with Crippen LogP contribution >= 0.6 is 11.8 Å². The smallest absolute Gasteiger partial charge is 0.467 e. The molecule has 2 atom stereocenters. The molecule has 2 aliphatic heterocycles. The summed E-state index contributed by atoms with van der Waals surface area (Å²) < 4.78 is 26.8. The maximum atomic E-state index is 13.4. The maximum absolute atomic E-state index is 13.4. The van der Waals surface area contributed by atoms with Gasteiger partial charge >= 0.3 is 74.4 Å². The molecule has 0 fully saturated rings. The van der Waals surface area contributed by atoms with E-state index in [1.165, 1.54) is 25.7 Å². The quantitative estimate of drug-likeness (QED) is 0.0546. The Bertz CT molecular complexity index is 1740. The number of carbonyl (C=O) groups excluding carboxylic acids is 3. The third-order valence-corrected chi connectivity index (χ3v) is 10.4. The van der Waals surface area contributed by atoms with E-state index in [9.17, 15) is 19.2 Å². The summed E-state index contributed by atoms with van der Waals surface area (Å²) in [7, 11) is 0. The number of hydrogen-bond acceptors (Lipinski definition) is 11. The van der Waals surface area contributed by atoms with Gasteiger partial charge in [0.2, 0.25) is 5.60 Å². The van der Waals surface area contributed by atoms with Gasteiger partial charge in [0.05, 0.1) is 29.0 Å². The number of esters is 1. The Morgan fingerprint density at radius 2 is 1.64 bits per heavy atom. The molecule has 1 aromatic carbocycles. The molecule has 56 heavy (non-hydrogen) atoms. The number of thioether (sulfide) groups is 1. The third-order valence-electron chi connectivity index (χ3n) is 9.22. The fourth-order valence-corrected chi connectivity index (χ4v) is 7.31. The van der Waals surface area contributed by atoms with Gasteiger partial charge in [-0.25, -0.2) is 14.6 Å². The SMILES string of the molecule is [CH2-]COC(=O)OC1(CC)C(=O)OCc2c1cc1n(c2=O)Cc2cc3ccccc3nc2-1.[CH2-]COCCCC(=O)CCCCC(CCC)SC.[CH2-]COC[CH2-].[U+2].[U+2]. The largest absolute Gasteiger partial charge is 2.00 e. The first-order chi connectivity index (χ1) is 26.1. The van der Waals surface area contributed by atoms with Crippen LogP contribution in [0.15, 0.2) is 41.2 Å². The van der Waals surface area contributed by atoms with E-state index in [4.69, 9.17) is 23.9 Å². The number of ketones is 1. The molecule has 0 radical (unpaired) electrons. The zero-order chi connectivity index (χ0) is 39.5. The minimum Gasteiger partial charge on any atom is -0.467 e. The summed E-state index contributed by atoms with van der Waals surface area (Å²) >= 11 is 1.97. The van der Waals surface area contributed by atoms with E-state index in [-0.39, 0.29) is 93.0 Å². The summed E-state index contributed by atoms with van der Waals surface area (Å²) in [6, 6.07) is 11.4. The number of fused-ring (bicyclic) bond motifs is 5. The normalized spacial score (nSPS) is 15.2. The molecule has 2 aromatic heterocycles. The van der Waals surface area contributed by atoms with Crippen LogP contribution in [0.4, 0.5) is 4.79 Å². The number of ether oxygens (including phenoxy) is 5. The fourth-order valence-electron chi connectivity index (χ4n) is 6.43. The van der Waals surface area contributed by atoms with Crippen LogP contribution in [0.2, 0.25) is 0 Å². The van der Waals surface area contributed by atoms with Crippen LogP contribution in [-0.2, 0) is 52.0 Å². The Morgan fingerprint density at radius 1 is 0.946 bits per heavy atom. The Morgan fingerprint density at radius 3 is 2.27 bits per heavy atom. The molecule has 0 spiro atoms. The number of carbonyl (C=O) groups is 3. The van der Waals surface area contributed by atoms with Gasteiger partial charge in [-0.15, -0.1) is 0 Å². The van der Waals surface area contributed by atoms with Gasteiger partial charge in [-0.1, -0.05) is 64.7 Å². The first kappa shape index (κ1) is 52.4. The van der Waals surface area contributed by atoms with Gasteiger partial charge in [-0.3, -0.25) is 9.59 Å². The van der Waals surface area contributed by atoms with Crippen molar-refractivity contribution >= 4 is 40.6 Å². The van der Waals surface area contributed by atoms with Gasteiger partial charge < -0.3 is 55.9 Å². The average Bonchev–Trinajstić information content (AvgIpc) is 3.53. The van der Waals surface area contributed by atoms with Crippen LogP contribution in [0, 0.1) is 89.9 Å². The van der Waals surface area contributed by atoms with E-state index >= 15 is 0 Å². The Hall–Kier alpha value is -1.64. The van der Waals surface area contributed by atoms with E-state index in [0.717, 1.165) is 41.0 Å². The van der Waals surface area contributed by atoms with E-state index < -0.39 is 17.7 Å². The second kappa shape index (κ2) is 27.9. The Labute approximate surface area is 384 Å². The monoisotopic (exact) mass is 1240 g/mol. The summed E-state index contributed by atoms with van der Waals surface area (Å²) in [5.74, 6) is -0.351. The summed E-state index contributed by atoms with van der Waals surface area (Å²) in [5.41, 5.74) is 1.48. The fraction of sp³-hybridized carbons (Fsp3) is 0.500. The number of para-hydroxylation sites is 1. The minimum absolute atomic E-state index is 0. The van der Waals surface area contributed by atoms with Crippen molar-refractivity contribution < 1.29 is 100 Å². The number of pyridine rings is 2. The summed E-state index contributed by atoms with van der Waals surface area (Å²) in [6.07, 6.45) is 9.53. The molecular weight excluding hydrogens is 1180 g/mol. The number of rotatable bonds is 18. The predicted octanol–water partition coefficient (Wildman–Crippen LogP) is 8.02. The molecule has 302 valence electrons. The number of aromatic nitrogens is 2. The summed E-state index contributed by atoms with van der Waals surface area (Å²) in [5, 5.41) is 1.77. The van der Waals surface area contributed by atoms with E-state index in [0.29, 0.717) is 62.1 Å². The van der Waals surface area contributed by atoms with E-state index in [1.807, 2.05) is 42.1 Å². The van der Waals surface area contributed by atoms with Crippen LogP contribution in [0.5, 0.6) is 0 Å². The van der Waals surface area contributed by atoms with E-state index in [1.54, 1.807) is 17.6 Å². The number of benzene rings is 1. The van der Waals surface area contributed by atoms with E-state index in [2.05, 4.69) is 45.6 Å². The molecule has 4 heterocycles. The number of Topliss-reactive ketones (excluding diaryl/α,β-unsaturated/α-hetero) is 1. The van der Waals surface area contributed by atoms with Crippen molar-refractivity contribution in [2.75, 3.05) is 39.3 Å². The summed E-state index contributed by atoms with van der Waals surface area (Å²) in [4.78, 5) is 54.6. The molecule has 3 aromatic rings. The molecule has 5 rings (SSSR count). The van der Waals surface area contributed by atoms with Crippen molar-refractivity contribution in [3.8, 4) is 11.4 Å². The molecule has 0 saturated carbocycles. The zero-order valence-electron chi connectivity index (χ0n) is 33.2. The first-order valence-corrected chi connectivity index (χ1v) is 20.0. The molecule has 0 bridgehead atoms. The van der Waals surface area contributed by atoms with Crippen molar-refractivity contribution in [3.63, 3.8) is 0 Å². The Balaban J connectivity index is 0.000000539. The molecule has 14 heteroatoms. The van der Waals surface area contributed by atoms with Crippen LogP contribution in [-0.4, -0.2) is 72.0 Å². The standard InChI is InChI=1S/C23H19N2O6.C15H29O2S.C4H8O.2U/c1-3-23(31-22(28)29-4-2)16-10-18-19-14(9-13-7-5-6-8-17(13)24-19)11-25(18)20(26)15(16)12-30-21(23)27;1-4-9-15(18-3)12-7-6-10-14(16)11-8-13-17-5-2;1-3-5-4-2;;/h5-10H,2-4,11-12H2,1H3;15H,2,4-13H2,1,3H3;1-4H2;;/q2*-1;-2;2*+2. The van der Waals surface area contributed by atoms with Crippen molar-refractivity contribution in [2.24, 2.45) is 0 Å². The van der Waals surface area contributed by atoms with Crippen LogP contribution < -0.4 is 5.56 Å². The number of unbranched alkanes of at least 4 members (excludes halogenated alkanes) is 1. The molecule has 0 saturated heterocycles. The molecule has 0 N–H and O–H groups in total. The van der Waals surface area contributed by atoms with Gasteiger partial charge in [0.1, 0.15) is 12.4 Å². The van der Waals surface area contributed by atoms with Crippen molar-refractivity contribution in [3.05, 3.63) is 91.1 Å². The van der Waals surface area contributed by atoms with Gasteiger partial charge in [0, 0.05) is 41.2 Å². The molecule has 2 aliphatic rings. The van der Waals surface area contributed by atoms with Crippen molar-refractivity contribution in [1.29, 1.82) is 0 Å². The molecule has 0 amide bonds. The van der Waals surface area contributed by atoms with Crippen LogP contribution in [0.25, 0.3) is 22.3 Å². The predicted molar refractivity (Wildman–Crippen MR) is 213 cm³/mol. The van der Waals surface area contributed by atoms with Crippen LogP contribution in [0.1, 0.15) is 88.3 Å². The second-order valence-corrected chi connectivity index (χ2v) is 13.9. The third kappa shape index (κ3) is 14.6. The molecular formula is C42H56N2O9SU2. The first-order valence-electron chi connectivity index (χ1n) is 18.7. The zero-order valence-corrected chi connectivity index (χ0v) is 42.3. The van der Waals surface area contributed by atoms with Crippen molar-refractivity contribution in [1.82, 2.24) is 9.55 Å². The maximum Gasteiger partial charge on any atom is 2.00 e. The number of nitrogens with zero attached hydrogens (tertiary/aromatic N) is 2. The average molecular weight is 1240 g/mol. The van der Waals surface area contributed by atoms with Gasteiger partial charge in [-0.05, 0) is 63.2 Å². The van der Waals surface area contributed by atoms with Gasteiger partial charge in [0.15, 0.2) is 0 Å². The number of cyclic esters (lactones) is 1. The van der Waals surface area contributed by atoms with Crippen LogP contribution in [0.3, 0.4) is 0 Å². The van der Waals surface area contributed by atoms with Gasteiger partial charge in [-0.2, -0.15) is 11.8 Å². The Kier molecular flexibility index (Phi) is 26.1. The summed E-state index contributed by atoms with van der Waals surface area (Å²) in [6.45, 7) is 20.0. The van der Waals surface area contributed by atoms with Gasteiger partial charge in [0.25, 0.3) is 5.56 Å². The molecule has 11 nitrogen and oxygen atoms in total. The second-order valence-electron chi connectivity index (χ2n) is 12.7. The minimum atomic E-state index is -1.77. The topological polar surface area (TPSA) is 132 Å². The molecule has 2 unspecified atom stereocenters. The number of hydrogen-bond donors (Lipinski definition) is 0. The molecule has 0 aliphatic carbocycles. The van der Waals surface area contributed by atoms with Crippen molar-refractivity contribution in [2.45, 2.75) is 95.6 Å².